The lowest BCUT2D eigenvalue weighted by Crippen LogP contribution is -2.55. The van der Waals surface area contributed by atoms with Gasteiger partial charge < -0.3 is 10.2 Å². The molecule has 32 heavy (non-hydrogen) atoms. The van der Waals surface area contributed by atoms with E-state index in [9.17, 15) is 0 Å². The number of hydrogen-bond acceptors (Lipinski definition) is 3. The first-order valence-corrected chi connectivity index (χ1v) is 13.0. The first-order chi connectivity index (χ1) is 15.5. The zero-order valence-corrected chi connectivity index (χ0v) is 20.0. The van der Waals surface area contributed by atoms with Gasteiger partial charge in [0.15, 0.2) is 0 Å². The Morgan fingerprint density at radius 1 is 1.06 bits per heavy atom. The van der Waals surface area contributed by atoms with E-state index in [1.807, 2.05) is 0 Å². The molecule has 172 valence electrons. The number of piperidine rings is 1. The molecule has 3 unspecified atom stereocenters. The third-order valence-corrected chi connectivity index (χ3v) is 8.52. The van der Waals surface area contributed by atoms with Crippen LogP contribution in [-0.4, -0.2) is 35.0 Å². The summed E-state index contributed by atoms with van der Waals surface area (Å²) in [6.07, 6.45) is 11.7. The lowest BCUT2D eigenvalue weighted by atomic mass is 9.77. The van der Waals surface area contributed by atoms with Gasteiger partial charge in [-0.15, -0.1) is 0 Å². The van der Waals surface area contributed by atoms with Gasteiger partial charge >= 0.3 is 0 Å². The van der Waals surface area contributed by atoms with Crippen LogP contribution < -0.4 is 5.32 Å². The molecule has 1 aromatic rings. The molecule has 3 atom stereocenters. The van der Waals surface area contributed by atoms with Gasteiger partial charge in [-0.1, -0.05) is 64.1 Å². The van der Waals surface area contributed by atoms with E-state index in [0.717, 1.165) is 54.4 Å². The van der Waals surface area contributed by atoms with Crippen molar-refractivity contribution in [2.75, 3.05) is 13.1 Å². The van der Waals surface area contributed by atoms with Gasteiger partial charge in [0.25, 0.3) is 0 Å². The highest BCUT2D eigenvalue weighted by Crippen LogP contribution is 2.39. The van der Waals surface area contributed by atoms with E-state index >= 15 is 0 Å². The summed E-state index contributed by atoms with van der Waals surface area (Å²) in [4.78, 5) is 5.27. The molecule has 3 heterocycles. The molecule has 0 aromatic heterocycles. The number of fused-ring (bicyclic) bond motifs is 1. The standard InChI is InChI=1S/C29H41N3/c1-5-8-24-17-31(18-24)29-10-7-6-9-25(29)15-23-12-13-27-22(4)32(19-26(27)16-23)28-14-11-20(2)30-21(28)3/h12-13,16,24-25,28-30H,2-11,14-15,17-19H2,1H3. The number of nitrogens with zero attached hydrogens (tertiary/aromatic N) is 2. The number of nitrogens with one attached hydrogen (secondary N) is 1. The SMILES string of the molecule is C=C1CCC(N2Cc3cc(CC4CCCCC4N4CC(CCC)C4)ccc3C2=C)C(=C)N1. The molecular formula is C29H41N3. The summed E-state index contributed by atoms with van der Waals surface area (Å²) < 4.78 is 0. The minimum atomic E-state index is 0.314. The Morgan fingerprint density at radius 3 is 2.66 bits per heavy atom. The predicted octanol–water partition coefficient (Wildman–Crippen LogP) is 6.09. The van der Waals surface area contributed by atoms with Gasteiger partial charge in [-0.2, -0.15) is 0 Å². The van der Waals surface area contributed by atoms with E-state index < -0.39 is 0 Å². The third kappa shape index (κ3) is 4.17. The summed E-state index contributed by atoms with van der Waals surface area (Å²) in [5, 5.41) is 3.38. The maximum absolute atomic E-state index is 4.45. The van der Waals surface area contributed by atoms with Crippen LogP contribution in [0.3, 0.4) is 0 Å². The summed E-state index contributed by atoms with van der Waals surface area (Å²) in [6, 6.07) is 8.32. The smallest absolute Gasteiger partial charge is 0.0693 e. The Balaban J connectivity index is 1.26. The third-order valence-electron chi connectivity index (χ3n) is 8.52. The lowest BCUT2D eigenvalue weighted by Gasteiger charge is -2.49. The monoisotopic (exact) mass is 431 g/mol. The largest absolute Gasteiger partial charge is 0.362 e. The summed E-state index contributed by atoms with van der Waals surface area (Å²) in [6.45, 7) is 18.8. The van der Waals surface area contributed by atoms with Crippen LogP contribution in [0, 0.1) is 11.8 Å². The van der Waals surface area contributed by atoms with Crippen molar-refractivity contribution < 1.29 is 0 Å². The Hall–Kier alpha value is -2.00. The summed E-state index contributed by atoms with van der Waals surface area (Å²) in [5.74, 6) is 1.78. The molecule has 5 rings (SSSR count). The molecule has 0 spiro atoms. The van der Waals surface area contributed by atoms with Gasteiger partial charge in [0.2, 0.25) is 0 Å². The molecule has 3 aliphatic heterocycles. The van der Waals surface area contributed by atoms with E-state index in [1.165, 1.54) is 74.7 Å². The Morgan fingerprint density at radius 2 is 1.88 bits per heavy atom. The second-order valence-electron chi connectivity index (χ2n) is 10.8. The zero-order chi connectivity index (χ0) is 22.2. The van der Waals surface area contributed by atoms with Crippen molar-refractivity contribution in [1.82, 2.24) is 15.1 Å². The molecule has 3 fully saturated rings. The molecular weight excluding hydrogens is 390 g/mol. The van der Waals surface area contributed by atoms with Crippen LogP contribution in [0.4, 0.5) is 0 Å². The van der Waals surface area contributed by atoms with Crippen LogP contribution in [-0.2, 0) is 13.0 Å². The Bertz CT molecular complexity index is 894. The minimum absolute atomic E-state index is 0.314. The van der Waals surface area contributed by atoms with Crippen LogP contribution in [0.5, 0.6) is 0 Å². The van der Waals surface area contributed by atoms with E-state index in [-0.39, 0.29) is 0 Å². The Kier molecular flexibility index (Phi) is 6.20. The molecule has 1 N–H and O–H groups in total. The second kappa shape index (κ2) is 9.09. The van der Waals surface area contributed by atoms with E-state index in [2.05, 4.69) is 60.0 Å². The van der Waals surface area contributed by atoms with E-state index in [0.29, 0.717) is 6.04 Å². The first kappa shape index (κ1) is 21.8. The molecule has 0 bridgehead atoms. The summed E-state index contributed by atoms with van der Waals surface area (Å²) >= 11 is 0. The number of hydrogen-bond donors (Lipinski definition) is 1. The highest BCUT2D eigenvalue weighted by atomic mass is 15.2. The van der Waals surface area contributed by atoms with Gasteiger partial charge in [0.05, 0.1) is 6.04 Å². The van der Waals surface area contributed by atoms with Crippen LogP contribution >= 0.6 is 0 Å². The van der Waals surface area contributed by atoms with Gasteiger partial charge in [-0.25, -0.2) is 0 Å². The summed E-state index contributed by atoms with van der Waals surface area (Å²) in [5.41, 5.74) is 7.61. The molecule has 2 saturated heterocycles. The van der Waals surface area contributed by atoms with Crippen LogP contribution in [0.15, 0.2) is 49.3 Å². The minimum Gasteiger partial charge on any atom is -0.362 e. The number of benzene rings is 1. The van der Waals surface area contributed by atoms with Crippen molar-refractivity contribution in [3.05, 3.63) is 66.0 Å². The molecule has 1 aliphatic carbocycles. The topological polar surface area (TPSA) is 18.5 Å². The maximum atomic E-state index is 4.45. The predicted molar refractivity (Wildman–Crippen MR) is 135 cm³/mol. The average molecular weight is 432 g/mol. The molecule has 0 amide bonds. The van der Waals surface area contributed by atoms with Crippen molar-refractivity contribution >= 4 is 5.70 Å². The van der Waals surface area contributed by atoms with E-state index in [1.54, 1.807) is 0 Å². The molecule has 1 saturated carbocycles. The van der Waals surface area contributed by atoms with Crippen molar-refractivity contribution in [2.24, 2.45) is 11.8 Å². The molecule has 3 heteroatoms. The van der Waals surface area contributed by atoms with Gasteiger partial charge in [-0.05, 0) is 61.5 Å². The summed E-state index contributed by atoms with van der Waals surface area (Å²) in [7, 11) is 0. The quantitative estimate of drug-likeness (QED) is 0.588. The molecule has 0 radical (unpaired) electrons. The van der Waals surface area contributed by atoms with Gasteiger partial charge in [0.1, 0.15) is 0 Å². The van der Waals surface area contributed by atoms with Gasteiger partial charge in [0, 0.05) is 48.3 Å². The zero-order valence-electron chi connectivity index (χ0n) is 20.0. The van der Waals surface area contributed by atoms with Crippen LogP contribution in [0.25, 0.3) is 5.70 Å². The number of likely N-dealkylation sites (tertiary alicyclic amines) is 1. The molecule has 4 aliphatic rings. The van der Waals surface area contributed by atoms with Crippen molar-refractivity contribution in [2.45, 2.75) is 83.3 Å². The van der Waals surface area contributed by atoms with Crippen LogP contribution in [0.2, 0.25) is 0 Å². The normalized spacial score (nSPS) is 29.1. The maximum Gasteiger partial charge on any atom is 0.0693 e. The van der Waals surface area contributed by atoms with Crippen molar-refractivity contribution in [3.63, 3.8) is 0 Å². The van der Waals surface area contributed by atoms with Crippen LogP contribution in [0.1, 0.15) is 75.0 Å². The first-order valence-electron chi connectivity index (χ1n) is 13.0. The highest BCUT2D eigenvalue weighted by Gasteiger charge is 2.37. The average Bonchev–Trinajstić information content (AvgIpc) is 3.07. The molecule has 1 aromatic carbocycles. The fraction of sp³-hybridized carbons (Fsp3) is 0.586. The number of allylic oxidation sites excluding steroid dienone is 1. The fourth-order valence-electron chi connectivity index (χ4n) is 6.80. The van der Waals surface area contributed by atoms with Crippen molar-refractivity contribution in [1.29, 1.82) is 0 Å². The van der Waals surface area contributed by atoms with E-state index in [4.69, 9.17) is 0 Å². The van der Waals surface area contributed by atoms with Gasteiger partial charge in [-0.3, -0.25) is 4.90 Å². The number of rotatable bonds is 6. The van der Waals surface area contributed by atoms with Crippen molar-refractivity contribution in [3.8, 4) is 0 Å². The lowest BCUT2D eigenvalue weighted by molar-refractivity contribution is 0.00337. The second-order valence-corrected chi connectivity index (χ2v) is 10.8. The fourth-order valence-corrected chi connectivity index (χ4v) is 6.80. The highest BCUT2D eigenvalue weighted by molar-refractivity contribution is 5.70. The molecule has 3 nitrogen and oxygen atoms in total. The Labute approximate surface area is 195 Å².